The summed E-state index contributed by atoms with van der Waals surface area (Å²) >= 11 is 0. The molecule has 2 aromatic carbocycles. The summed E-state index contributed by atoms with van der Waals surface area (Å²) in [6.45, 7) is 0.0679. The summed E-state index contributed by atoms with van der Waals surface area (Å²) in [5, 5.41) is 19.7. The average Bonchev–Trinajstić information content (AvgIpc) is 3.28. The van der Waals surface area contributed by atoms with Gasteiger partial charge in [-0.05, 0) is 25.0 Å². The highest BCUT2D eigenvalue weighted by atomic mass is 16.6. The highest BCUT2D eigenvalue weighted by Gasteiger charge is 2.23. The van der Waals surface area contributed by atoms with Gasteiger partial charge in [0.1, 0.15) is 5.56 Å². The van der Waals surface area contributed by atoms with Gasteiger partial charge in [0.05, 0.1) is 28.6 Å². The van der Waals surface area contributed by atoms with E-state index >= 15 is 0 Å². The Morgan fingerprint density at radius 1 is 1.10 bits per heavy atom. The van der Waals surface area contributed by atoms with Gasteiger partial charge in [0.15, 0.2) is 0 Å². The number of fused-ring (bicyclic) bond motifs is 1. The number of nitro benzene ring substituents is 1. The molecule has 1 amide bonds. The van der Waals surface area contributed by atoms with Crippen molar-refractivity contribution in [3.63, 3.8) is 0 Å². The van der Waals surface area contributed by atoms with Gasteiger partial charge in [0.2, 0.25) is 0 Å². The first-order chi connectivity index (χ1) is 14.1. The van der Waals surface area contributed by atoms with Crippen LogP contribution >= 0.6 is 0 Å². The third kappa shape index (κ3) is 3.61. The fraction of sp³-hybridized carbons (Fsp3) is 0.286. The Hall–Kier alpha value is -3.55. The Kier molecular flexibility index (Phi) is 5.07. The number of nitrogens with zero attached hydrogens (tertiary/aromatic N) is 3. The summed E-state index contributed by atoms with van der Waals surface area (Å²) < 4.78 is 1.54. The molecule has 3 aromatic rings. The van der Waals surface area contributed by atoms with E-state index in [4.69, 9.17) is 0 Å². The number of rotatable bonds is 5. The van der Waals surface area contributed by atoms with E-state index in [1.165, 1.54) is 18.2 Å². The quantitative estimate of drug-likeness (QED) is 0.529. The van der Waals surface area contributed by atoms with Crippen LogP contribution in [-0.2, 0) is 6.54 Å². The van der Waals surface area contributed by atoms with Gasteiger partial charge in [-0.15, -0.1) is 0 Å². The van der Waals surface area contributed by atoms with Crippen LogP contribution in [0, 0.1) is 10.1 Å². The molecule has 0 unspecified atom stereocenters. The second-order valence-corrected chi connectivity index (χ2v) is 7.14. The monoisotopic (exact) mass is 392 g/mol. The summed E-state index contributed by atoms with van der Waals surface area (Å²) in [7, 11) is 0. The van der Waals surface area contributed by atoms with E-state index in [0.29, 0.717) is 16.5 Å². The fourth-order valence-electron chi connectivity index (χ4n) is 3.88. The molecule has 0 spiro atoms. The lowest BCUT2D eigenvalue weighted by Gasteiger charge is -2.16. The van der Waals surface area contributed by atoms with E-state index in [-0.39, 0.29) is 29.4 Å². The lowest BCUT2D eigenvalue weighted by Crippen LogP contribution is -2.30. The Morgan fingerprint density at radius 3 is 2.48 bits per heavy atom. The van der Waals surface area contributed by atoms with Crippen LogP contribution in [0.5, 0.6) is 0 Å². The van der Waals surface area contributed by atoms with Crippen LogP contribution in [0.1, 0.15) is 47.8 Å². The molecule has 1 saturated carbocycles. The summed E-state index contributed by atoms with van der Waals surface area (Å²) in [5.74, 6) is -0.554. The minimum Gasteiger partial charge on any atom is -0.346 e. The van der Waals surface area contributed by atoms with Gasteiger partial charge >= 0.3 is 0 Å². The zero-order valence-electron chi connectivity index (χ0n) is 15.7. The van der Waals surface area contributed by atoms with Crippen molar-refractivity contribution >= 4 is 22.4 Å². The van der Waals surface area contributed by atoms with Gasteiger partial charge in [0.25, 0.3) is 17.2 Å². The molecule has 1 aromatic heterocycles. The zero-order valence-corrected chi connectivity index (χ0v) is 15.7. The summed E-state index contributed by atoms with van der Waals surface area (Å²) in [6.07, 6.45) is 3.95. The molecule has 0 aliphatic heterocycles. The number of hydrogen-bond donors (Lipinski definition) is 1. The maximum Gasteiger partial charge on any atom is 0.282 e. The molecule has 8 nitrogen and oxygen atoms in total. The van der Waals surface area contributed by atoms with Crippen LogP contribution < -0.4 is 10.9 Å². The maximum absolute atomic E-state index is 12.9. The molecule has 1 fully saturated rings. The van der Waals surface area contributed by atoms with Gasteiger partial charge in [-0.3, -0.25) is 19.7 Å². The number of nitro groups is 1. The number of nitrogens with one attached hydrogen (secondary N) is 1. The van der Waals surface area contributed by atoms with Gasteiger partial charge < -0.3 is 5.32 Å². The topological polar surface area (TPSA) is 107 Å². The van der Waals surface area contributed by atoms with E-state index < -0.39 is 10.8 Å². The summed E-state index contributed by atoms with van der Waals surface area (Å²) in [6, 6.07) is 13.1. The molecule has 1 N–H and O–H groups in total. The molecule has 1 aliphatic rings. The van der Waals surface area contributed by atoms with E-state index in [2.05, 4.69) is 10.4 Å². The standard InChI is InChI=1S/C21H20N4O4/c26-20(17-11-5-6-12-19(17)25(28)29)22-13-18-15-9-3-4-10-16(15)21(27)24(23-18)14-7-1-2-8-14/h3-6,9-12,14H,1-2,7-8,13H2,(H,22,26). The van der Waals surface area contributed by atoms with Crippen LogP contribution in [0.25, 0.3) is 10.8 Å². The lowest BCUT2D eigenvalue weighted by molar-refractivity contribution is -0.385. The molecule has 29 heavy (non-hydrogen) atoms. The van der Waals surface area contributed by atoms with Crippen LogP contribution in [0.2, 0.25) is 0 Å². The molecule has 1 aliphatic carbocycles. The molecule has 0 radical (unpaired) electrons. The highest BCUT2D eigenvalue weighted by Crippen LogP contribution is 2.28. The average molecular weight is 392 g/mol. The van der Waals surface area contributed by atoms with Crippen LogP contribution in [0.3, 0.4) is 0 Å². The first-order valence-electron chi connectivity index (χ1n) is 9.58. The molecule has 0 bridgehead atoms. The smallest absolute Gasteiger partial charge is 0.282 e. The Bertz CT molecular complexity index is 1150. The molecule has 0 saturated heterocycles. The van der Waals surface area contributed by atoms with Crippen LogP contribution in [0.4, 0.5) is 5.69 Å². The normalized spacial score (nSPS) is 14.2. The van der Waals surface area contributed by atoms with Gasteiger partial charge in [-0.2, -0.15) is 5.10 Å². The van der Waals surface area contributed by atoms with Crippen molar-refractivity contribution in [2.75, 3.05) is 0 Å². The molecule has 8 heteroatoms. The molecule has 1 heterocycles. The predicted octanol–water partition coefficient (Wildman–Crippen LogP) is 3.35. The number of carbonyl (C=O) groups excluding carboxylic acids is 1. The molecular formula is C21H20N4O4. The Balaban J connectivity index is 1.68. The van der Waals surface area contributed by atoms with E-state index in [1.807, 2.05) is 6.07 Å². The van der Waals surface area contributed by atoms with Gasteiger partial charge in [-0.25, -0.2) is 4.68 Å². The summed E-state index contributed by atoms with van der Waals surface area (Å²) in [5.41, 5.74) is 0.185. The van der Waals surface area contributed by atoms with E-state index in [0.717, 1.165) is 25.7 Å². The number of hydrogen-bond acceptors (Lipinski definition) is 5. The minimum absolute atomic E-state index is 0.00841. The Labute approximate surface area is 166 Å². The van der Waals surface area contributed by atoms with E-state index in [9.17, 15) is 19.7 Å². The van der Waals surface area contributed by atoms with Crippen molar-refractivity contribution in [2.24, 2.45) is 0 Å². The Morgan fingerprint density at radius 2 is 1.76 bits per heavy atom. The van der Waals surface area contributed by atoms with E-state index in [1.54, 1.807) is 28.9 Å². The first kappa shape index (κ1) is 18.8. The SMILES string of the molecule is O=C(NCc1nn(C2CCCC2)c(=O)c2ccccc12)c1ccccc1[N+](=O)[O-]. The predicted molar refractivity (Wildman–Crippen MR) is 108 cm³/mol. The molecule has 4 rings (SSSR count). The largest absolute Gasteiger partial charge is 0.346 e. The van der Waals surface area contributed by atoms with Crippen molar-refractivity contribution in [1.82, 2.24) is 15.1 Å². The molecule has 0 atom stereocenters. The number of benzene rings is 2. The van der Waals surface area contributed by atoms with Gasteiger partial charge in [0, 0.05) is 11.5 Å². The molecular weight excluding hydrogens is 372 g/mol. The van der Waals surface area contributed by atoms with Crippen molar-refractivity contribution in [1.29, 1.82) is 0 Å². The number of para-hydroxylation sites is 1. The third-order valence-corrected chi connectivity index (χ3v) is 5.34. The first-order valence-corrected chi connectivity index (χ1v) is 9.58. The van der Waals surface area contributed by atoms with Gasteiger partial charge in [-0.1, -0.05) is 43.2 Å². The minimum atomic E-state index is -0.581. The second-order valence-electron chi connectivity index (χ2n) is 7.14. The highest BCUT2D eigenvalue weighted by molar-refractivity contribution is 5.98. The van der Waals surface area contributed by atoms with Crippen LogP contribution in [0.15, 0.2) is 53.3 Å². The number of carbonyl (C=O) groups is 1. The summed E-state index contributed by atoms with van der Waals surface area (Å²) in [4.78, 5) is 36.1. The van der Waals surface area contributed by atoms with Crippen molar-refractivity contribution in [3.05, 3.63) is 80.3 Å². The third-order valence-electron chi connectivity index (χ3n) is 5.34. The second kappa shape index (κ2) is 7.83. The van der Waals surface area contributed by atoms with Crippen molar-refractivity contribution in [2.45, 2.75) is 38.3 Å². The maximum atomic E-state index is 12.9. The van der Waals surface area contributed by atoms with Crippen molar-refractivity contribution in [3.8, 4) is 0 Å². The van der Waals surface area contributed by atoms with Crippen LogP contribution in [-0.4, -0.2) is 20.6 Å². The fourth-order valence-corrected chi connectivity index (χ4v) is 3.88. The number of amides is 1. The zero-order chi connectivity index (χ0) is 20.4. The lowest BCUT2D eigenvalue weighted by atomic mass is 10.1. The number of aromatic nitrogens is 2. The molecule has 148 valence electrons. The van der Waals surface area contributed by atoms with Crippen molar-refractivity contribution < 1.29 is 9.72 Å².